The summed E-state index contributed by atoms with van der Waals surface area (Å²) in [4.78, 5) is 28.0. The third kappa shape index (κ3) is 8.63. The first-order chi connectivity index (χ1) is 15.3. The second-order valence-corrected chi connectivity index (χ2v) is 11.3. The molecule has 1 aromatic rings. The van der Waals surface area contributed by atoms with E-state index in [1.54, 1.807) is 12.1 Å². The third-order valence-electron chi connectivity index (χ3n) is 6.25. The number of hydrogen-bond acceptors (Lipinski definition) is 6. The molecule has 1 saturated heterocycles. The van der Waals surface area contributed by atoms with Crippen molar-refractivity contribution in [2.24, 2.45) is 16.2 Å². The molecule has 1 N–H and O–H groups in total. The number of hydrogen-bond donors (Lipinski definition) is 1. The summed E-state index contributed by atoms with van der Waals surface area (Å²) < 4.78 is 17.0. The number of carbonyl (C=O) groups excluding carboxylic acids is 2. The number of morpholine rings is 1. The fraction of sp³-hybridized carbons (Fsp3) is 0.692. The molecule has 1 aliphatic heterocycles. The number of carbonyl (C=O) groups is 2. The maximum absolute atomic E-state index is 13.4. The van der Waals surface area contributed by atoms with Gasteiger partial charge in [0.1, 0.15) is 6.61 Å². The van der Waals surface area contributed by atoms with Crippen molar-refractivity contribution in [2.75, 3.05) is 44.8 Å². The van der Waals surface area contributed by atoms with Crippen LogP contribution in [0.2, 0.25) is 0 Å². The van der Waals surface area contributed by atoms with Gasteiger partial charge >= 0.3 is 12.1 Å². The zero-order chi connectivity index (χ0) is 24.7. The second-order valence-electron chi connectivity index (χ2n) is 11.3. The highest BCUT2D eigenvalue weighted by Gasteiger charge is 2.48. The van der Waals surface area contributed by atoms with Crippen molar-refractivity contribution in [2.45, 2.75) is 61.0 Å². The van der Waals surface area contributed by atoms with E-state index in [0.717, 1.165) is 13.1 Å². The van der Waals surface area contributed by atoms with Crippen LogP contribution in [0, 0.1) is 16.2 Å². The van der Waals surface area contributed by atoms with Gasteiger partial charge in [0.2, 0.25) is 0 Å². The molecule has 1 heterocycles. The Morgan fingerprint density at radius 3 is 2.18 bits per heavy atom. The summed E-state index contributed by atoms with van der Waals surface area (Å²) in [6.07, 6.45) is -0.468. The summed E-state index contributed by atoms with van der Waals surface area (Å²) >= 11 is 0. The van der Waals surface area contributed by atoms with Crippen molar-refractivity contribution in [1.82, 2.24) is 4.90 Å². The molecule has 186 valence electrons. The molecule has 7 nitrogen and oxygen atoms in total. The predicted molar refractivity (Wildman–Crippen MR) is 130 cm³/mol. The standard InChI is InChI=1S/C26H42N2O5/c1-24(2,3)19-26(7,25(4,5)6)22(29)32-18-21(17-28-13-15-31-16-14-28)33-23(30)27-20-11-9-8-10-12-20/h8-12,21H,13-19H2,1-7H3,(H,27,30). The molecule has 1 fully saturated rings. The van der Waals surface area contributed by atoms with Gasteiger partial charge in [-0.3, -0.25) is 15.0 Å². The molecule has 0 aliphatic carbocycles. The minimum Gasteiger partial charge on any atom is -0.461 e. The Kier molecular flexibility index (Phi) is 9.32. The molecule has 0 spiro atoms. The van der Waals surface area contributed by atoms with E-state index < -0.39 is 17.6 Å². The average Bonchev–Trinajstić information content (AvgIpc) is 2.71. The van der Waals surface area contributed by atoms with Gasteiger partial charge in [0.25, 0.3) is 0 Å². The van der Waals surface area contributed by atoms with Crippen LogP contribution < -0.4 is 5.32 Å². The lowest BCUT2D eigenvalue weighted by molar-refractivity contribution is -0.168. The Labute approximate surface area is 199 Å². The zero-order valence-corrected chi connectivity index (χ0v) is 21.4. The molecule has 33 heavy (non-hydrogen) atoms. The van der Waals surface area contributed by atoms with Gasteiger partial charge in [0.15, 0.2) is 6.10 Å². The monoisotopic (exact) mass is 462 g/mol. The molecule has 7 heteroatoms. The Hall–Kier alpha value is -2.12. The first-order valence-electron chi connectivity index (χ1n) is 11.8. The number of amides is 1. The Morgan fingerprint density at radius 1 is 1.03 bits per heavy atom. The number of nitrogens with zero attached hydrogens (tertiary/aromatic N) is 1. The highest BCUT2D eigenvalue weighted by atomic mass is 16.6. The van der Waals surface area contributed by atoms with Crippen molar-refractivity contribution in [3.05, 3.63) is 30.3 Å². The number of benzene rings is 1. The molecule has 1 amide bonds. The molecular formula is C26H42N2O5. The minimum atomic E-state index is -0.680. The van der Waals surface area contributed by atoms with Crippen LogP contribution in [-0.2, 0) is 19.0 Å². The fourth-order valence-electron chi connectivity index (χ4n) is 4.05. The van der Waals surface area contributed by atoms with Crippen molar-refractivity contribution < 1.29 is 23.8 Å². The average molecular weight is 463 g/mol. The number of rotatable bonds is 8. The van der Waals surface area contributed by atoms with Crippen molar-refractivity contribution in [3.63, 3.8) is 0 Å². The van der Waals surface area contributed by atoms with E-state index >= 15 is 0 Å². The molecule has 0 saturated carbocycles. The van der Waals surface area contributed by atoms with Gasteiger partial charge < -0.3 is 14.2 Å². The molecule has 2 atom stereocenters. The first kappa shape index (κ1) is 27.1. The normalized spacial score (nSPS) is 18.2. The van der Waals surface area contributed by atoms with Crippen LogP contribution in [0.4, 0.5) is 10.5 Å². The van der Waals surface area contributed by atoms with E-state index in [2.05, 4.69) is 51.8 Å². The Balaban J connectivity index is 2.08. The topological polar surface area (TPSA) is 77.1 Å². The summed E-state index contributed by atoms with van der Waals surface area (Å²) in [5.41, 5.74) is -0.362. The highest BCUT2D eigenvalue weighted by molar-refractivity contribution is 5.84. The molecular weight excluding hydrogens is 420 g/mol. The van der Waals surface area contributed by atoms with Gasteiger partial charge in [-0.25, -0.2) is 4.79 Å². The van der Waals surface area contributed by atoms with Crippen LogP contribution in [0.3, 0.4) is 0 Å². The van der Waals surface area contributed by atoms with E-state index in [1.165, 1.54) is 0 Å². The number of ether oxygens (including phenoxy) is 3. The summed E-state index contributed by atoms with van der Waals surface area (Å²) in [6, 6.07) is 9.14. The minimum absolute atomic E-state index is 0.00815. The van der Waals surface area contributed by atoms with Gasteiger partial charge in [-0.1, -0.05) is 59.7 Å². The van der Waals surface area contributed by atoms with Crippen LogP contribution in [0.25, 0.3) is 0 Å². The maximum atomic E-state index is 13.4. The van der Waals surface area contributed by atoms with E-state index in [1.807, 2.05) is 25.1 Å². The SMILES string of the molecule is CC(C)(C)CC(C)(C(=O)OCC(CN1CCOCC1)OC(=O)Nc1ccccc1)C(C)(C)C. The fourth-order valence-corrected chi connectivity index (χ4v) is 4.05. The van der Waals surface area contributed by atoms with E-state index in [9.17, 15) is 9.59 Å². The molecule has 1 aromatic carbocycles. The van der Waals surface area contributed by atoms with E-state index in [0.29, 0.717) is 31.9 Å². The molecule has 1 aliphatic rings. The number of para-hydroxylation sites is 1. The van der Waals surface area contributed by atoms with Crippen molar-refractivity contribution >= 4 is 17.7 Å². The highest BCUT2D eigenvalue weighted by Crippen LogP contribution is 2.47. The maximum Gasteiger partial charge on any atom is 0.412 e. The summed E-state index contributed by atoms with van der Waals surface area (Å²) in [5.74, 6) is -0.260. The van der Waals surface area contributed by atoms with Crippen molar-refractivity contribution in [3.8, 4) is 0 Å². The number of anilines is 1. The first-order valence-corrected chi connectivity index (χ1v) is 11.8. The van der Waals surface area contributed by atoms with E-state index in [-0.39, 0.29) is 23.4 Å². The lowest BCUT2D eigenvalue weighted by Crippen LogP contribution is -2.47. The van der Waals surface area contributed by atoms with Crippen LogP contribution in [0.15, 0.2) is 30.3 Å². The van der Waals surface area contributed by atoms with Crippen LogP contribution in [-0.4, -0.2) is 62.5 Å². The van der Waals surface area contributed by atoms with Gasteiger partial charge in [0, 0.05) is 25.3 Å². The van der Waals surface area contributed by atoms with Crippen LogP contribution >= 0.6 is 0 Å². The second kappa shape index (κ2) is 11.3. The largest absolute Gasteiger partial charge is 0.461 e. The van der Waals surface area contributed by atoms with Gasteiger partial charge in [-0.15, -0.1) is 0 Å². The summed E-state index contributed by atoms with van der Waals surface area (Å²) in [6.45, 7) is 17.8. The van der Waals surface area contributed by atoms with Crippen molar-refractivity contribution in [1.29, 1.82) is 0 Å². The van der Waals surface area contributed by atoms with E-state index in [4.69, 9.17) is 14.2 Å². The number of nitrogens with one attached hydrogen (secondary N) is 1. The molecule has 2 rings (SSSR count). The summed E-state index contributed by atoms with van der Waals surface area (Å²) in [5, 5.41) is 2.74. The number of esters is 1. The molecule has 0 aromatic heterocycles. The van der Waals surface area contributed by atoms with Crippen LogP contribution in [0.1, 0.15) is 54.9 Å². The van der Waals surface area contributed by atoms with Crippen LogP contribution in [0.5, 0.6) is 0 Å². The molecule has 0 radical (unpaired) electrons. The summed E-state index contributed by atoms with van der Waals surface area (Å²) in [7, 11) is 0. The third-order valence-corrected chi connectivity index (χ3v) is 6.25. The lowest BCUT2D eigenvalue weighted by atomic mass is 9.61. The molecule has 2 unspecified atom stereocenters. The Bertz CT molecular complexity index is 763. The zero-order valence-electron chi connectivity index (χ0n) is 21.4. The molecule has 0 bridgehead atoms. The smallest absolute Gasteiger partial charge is 0.412 e. The quantitative estimate of drug-likeness (QED) is 0.550. The predicted octanol–water partition coefficient (Wildman–Crippen LogP) is 4.97. The Morgan fingerprint density at radius 2 is 1.64 bits per heavy atom. The lowest BCUT2D eigenvalue weighted by Gasteiger charge is -2.43. The van der Waals surface area contributed by atoms with Gasteiger partial charge in [-0.2, -0.15) is 0 Å². The van der Waals surface area contributed by atoms with Gasteiger partial charge in [0.05, 0.1) is 18.6 Å². The van der Waals surface area contributed by atoms with Gasteiger partial charge in [-0.05, 0) is 36.3 Å².